The quantitative estimate of drug-likeness (QED) is 0.0961. The Kier molecular flexibility index (Phi) is 10.1. The average Bonchev–Trinajstić information content (AvgIpc) is 3.38. The van der Waals surface area contributed by atoms with Crippen molar-refractivity contribution in [2.24, 2.45) is 5.10 Å². The molecule has 0 fully saturated rings. The van der Waals surface area contributed by atoms with E-state index in [0.29, 0.717) is 43.0 Å². The number of ether oxygens (including phenoxy) is 4. The van der Waals surface area contributed by atoms with Crippen LogP contribution in [0.5, 0.6) is 17.2 Å². The van der Waals surface area contributed by atoms with Crippen LogP contribution < -0.4 is 19.6 Å². The number of hydrogen-bond donors (Lipinski definition) is 1. The fourth-order valence-corrected chi connectivity index (χ4v) is 4.00. The van der Waals surface area contributed by atoms with Crippen LogP contribution in [0.2, 0.25) is 0 Å². The summed E-state index contributed by atoms with van der Waals surface area (Å²) in [6.07, 6.45) is 1.82. The molecule has 0 amide bonds. The van der Waals surface area contributed by atoms with Gasteiger partial charge in [0, 0.05) is 5.38 Å². The number of anilines is 1. The number of hydrazone groups is 1. The van der Waals surface area contributed by atoms with Gasteiger partial charge in [-0.05, 0) is 54.4 Å². The molecular formula is C29H29N3O5S. The number of carbonyl (C=O) groups is 1. The van der Waals surface area contributed by atoms with Crippen LogP contribution in [0.4, 0.5) is 5.13 Å². The van der Waals surface area contributed by atoms with Gasteiger partial charge in [-0.3, -0.25) is 10.2 Å². The second-order valence-corrected chi connectivity index (χ2v) is 8.87. The number of nitrogens with zero attached hydrogens (tertiary/aromatic N) is 2. The van der Waals surface area contributed by atoms with Crippen molar-refractivity contribution in [1.29, 1.82) is 0 Å². The van der Waals surface area contributed by atoms with E-state index < -0.39 is 0 Å². The standard InChI is InChI=1S/C29H29N3O5S/c1-2-34-28(33)18-24-21-38-29(31-24)32-30-19-23-9-6-10-27(17-23)36-16-15-35-25-11-13-26(14-12-25)37-20-22-7-4-3-5-8-22/h3-14,17,19,21H,2,15-16,18,20H2,1H3,(H,31,32). The first-order chi connectivity index (χ1) is 18.7. The number of nitrogens with one attached hydrogen (secondary N) is 1. The number of thiazole rings is 1. The van der Waals surface area contributed by atoms with Crippen LogP contribution in [0.15, 0.2) is 89.3 Å². The highest BCUT2D eigenvalue weighted by molar-refractivity contribution is 7.13. The summed E-state index contributed by atoms with van der Waals surface area (Å²) in [5, 5.41) is 6.62. The molecule has 3 aromatic carbocycles. The van der Waals surface area contributed by atoms with Gasteiger partial charge in [0.1, 0.15) is 37.1 Å². The third kappa shape index (κ3) is 8.94. The third-order valence-electron chi connectivity index (χ3n) is 5.11. The molecule has 1 aromatic heterocycles. The van der Waals surface area contributed by atoms with Crippen molar-refractivity contribution in [2.45, 2.75) is 20.0 Å². The average molecular weight is 532 g/mol. The summed E-state index contributed by atoms with van der Waals surface area (Å²) in [6, 6.07) is 25.2. The van der Waals surface area contributed by atoms with Crippen molar-refractivity contribution in [3.63, 3.8) is 0 Å². The Morgan fingerprint density at radius 2 is 1.66 bits per heavy atom. The normalized spacial score (nSPS) is 10.8. The lowest BCUT2D eigenvalue weighted by atomic mass is 10.2. The van der Waals surface area contributed by atoms with Gasteiger partial charge in [0.05, 0.1) is 24.9 Å². The van der Waals surface area contributed by atoms with Crippen LogP contribution in [0.25, 0.3) is 0 Å². The molecule has 1 heterocycles. The molecule has 8 nitrogen and oxygen atoms in total. The van der Waals surface area contributed by atoms with Crippen molar-refractivity contribution >= 4 is 28.7 Å². The molecule has 0 saturated carbocycles. The zero-order chi connectivity index (χ0) is 26.4. The molecule has 0 aliphatic rings. The minimum atomic E-state index is -0.294. The summed E-state index contributed by atoms with van der Waals surface area (Å²) in [5.41, 5.74) is 5.52. The predicted octanol–water partition coefficient (Wildman–Crippen LogP) is 5.73. The number of esters is 1. The van der Waals surface area contributed by atoms with Crippen LogP contribution in [0, 0.1) is 0 Å². The lowest BCUT2D eigenvalue weighted by Crippen LogP contribution is -2.09. The largest absolute Gasteiger partial charge is 0.490 e. The molecule has 38 heavy (non-hydrogen) atoms. The summed E-state index contributed by atoms with van der Waals surface area (Å²) >= 11 is 1.37. The van der Waals surface area contributed by atoms with Crippen LogP contribution >= 0.6 is 11.3 Å². The zero-order valence-electron chi connectivity index (χ0n) is 21.0. The maximum atomic E-state index is 11.6. The lowest BCUT2D eigenvalue weighted by molar-refractivity contribution is -0.142. The molecule has 9 heteroatoms. The Balaban J connectivity index is 1.16. The van der Waals surface area contributed by atoms with E-state index in [0.717, 1.165) is 22.6 Å². The van der Waals surface area contributed by atoms with E-state index in [1.54, 1.807) is 18.5 Å². The van der Waals surface area contributed by atoms with E-state index in [9.17, 15) is 4.79 Å². The summed E-state index contributed by atoms with van der Waals surface area (Å²) in [4.78, 5) is 15.9. The number of aromatic nitrogens is 1. The fourth-order valence-electron chi connectivity index (χ4n) is 3.34. The molecule has 196 valence electrons. The molecule has 0 atom stereocenters. The van der Waals surface area contributed by atoms with Crippen LogP contribution in [-0.4, -0.2) is 37.0 Å². The maximum Gasteiger partial charge on any atom is 0.311 e. The van der Waals surface area contributed by atoms with Crippen LogP contribution in [0.1, 0.15) is 23.7 Å². The Bertz CT molecular complexity index is 1310. The first-order valence-corrected chi connectivity index (χ1v) is 13.1. The fraction of sp³-hybridized carbons (Fsp3) is 0.207. The van der Waals surface area contributed by atoms with E-state index in [2.05, 4.69) is 15.5 Å². The van der Waals surface area contributed by atoms with E-state index in [1.807, 2.05) is 78.9 Å². The maximum absolute atomic E-state index is 11.6. The lowest BCUT2D eigenvalue weighted by Gasteiger charge is -2.10. The van der Waals surface area contributed by atoms with E-state index >= 15 is 0 Å². The van der Waals surface area contributed by atoms with Gasteiger partial charge in [-0.15, -0.1) is 11.3 Å². The highest BCUT2D eigenvalue weighted by atomic mass is 32.1. The monoisotopic (exact) mass is 531 g/mol. The number of hydrogen-bond acceptors (Lipinski definition) is 9. The van der Waals surface area contributed by atoms with Gasteiger partial charge < -0.3 is 18.9 Å². The molecule has 0 aliphatic carbocycles. The predicted molar refractivity (Wildman–Crippen MR) is 148 cm³/mol. The summed E-state index contributed by atoms with van der Waals surface area (Å²) in [5.74, 6) is 1.96. The molecule has 0 unspecified atom stereocenters. The minimum absolute atomic E-state index is 0.146. The van der Waals surface area contributed by atoms with Crippen molar-refractivity contribution < 1.29 is 23.7 Å². The van der Waals surface area contributed by atoms with Gasteiger partial charge in [-0.1, -0.05) is 42.5 Å². The van der Waals surface area contributed by atoms with Gasteiger partial charge in [-0.2, -0.15) is 5.10 Å². The molecular weight excluding hydrogens is 502 g/mol. The number of carbonyl (C=O) groups excluding carboxylic acids is 1. The van der Waals surface area contributed by atoms with E-state index in [1.165, 1.54) is 11.3 Å². The summed E-state index contributed by atoms with van der Waals surface area (Å²) in [7, 11) is 0. The van der Waals surface area contributed by atoms with Crippen molar-refractivity contribution in [3.05, 3.63) is 101 Å². The topological polar surface area (TPSA) is 91.3 Å². The first kappa shape index (κ1) is 26.7. The van der Waals surface area contributed by atoms with E-state index in [4.69, 9.17) is 18.9 Å². The SMILES string of the molecule is CCOC(=O)Cc1csc(NN=Cc2cccc(OCCOc3ccc(OCc4ccccc4)cc3)c2)n1. The van der Waals surface area contributed by atoms with Crippen molar-refractivity contribution in [1.82, 2.24) is 4.98 Å². The van der Waals surface area contributed by atoms with Crippen molar-refractivity contribution in [3.8, 4) is 17.2 Å². The number of rotatable bonds is 14. The second kappa shape index (κ2) is 14.4. The Hall–Kier alpha value is -4.37. The minimum Gasteiger partial charge on any atom is -0.490 e. The highest BCUT2D eigenvalue weighted by Crippen LogP contribution is 2.19. The number of benzene rings is 3. The highest BCUT2D eigenvalue weighted by Gasteiger charge is 2.08. The molecule has 0 saturated heterocycles. The van der Waals surface area contributed by atoms with Gasteiger partial charge >= 0.3 is 5.97 Å². The zero-order valence-corrected chi connectivity index (χ0v) is 21.9. The third-order valence-corrected chi connectivity index (χ3v) is 5.90. The molecule has 4 aromatic rings. The smallest absolute Gasteiger partial charge is 0.311 e. The molecule has 0 spiro atoms. The van der Waals surface area contributed by atoms with Gasteiger partial charge in [-0.25, -0.2) is 4.98 Å². The molecule has 0 aliphatic heterocycles. The Morgan fingerprint density at radius 1 is 0.921 bits per heavy atom. The summed E-state index contributed by atoms with van der Waals surface area (Å²) < 4.78 is 22.3. The molecule has 4 rings (SSSR count). The van der Waals surface area contributed by atoms with Crippen LogP contribution in [0.3, 0.4) is 0 Å². The second-order valence-electron chi connectivity index (χ2n) is 8.01. The van der Waals surface area contributed by atoms with Crippen LogP contribution in [-0.2, 0) is 22.6 Å². The summed E-state index contributed by atoms with van der Waals surface area (Å²) in [6.45, 7) is 3.46. The molecule has 0 bridgehead atoms. The van der Waals surface area contributed by atoms with Crippen molar-refractivity contribution in [2.75, 3.05) is 25.2 Å². The van der Waals surface area contributed by atoms with Gasteiger partial charge in [0.15, 0.2) is 0 Å². The van der Waals surface area contributed by atoms with Gasteiger partial charge in [0.2, 0.25) is 5.13 Å². The Morgan fingerprint density at radius 3 is 2.42 bits per heavy atom. The first-order valence-electron chi connectivity index (χ1n) is 12.2. The molecule has 0 radical (unpaired) electrons. The molecule has 1 N–H and O–H groups in total. The van der Waals surface area contributed by atoms with E-state index in [-0.39, 0.29) is 12.4 Å². The Labute approximate surface area is 225 Å². The van der Waals surface area contributed by atoms with Gasteiger partial charge in [0.25, 0.3) is 0 Å².